The van der Waals surface area contributed by atoms with Crippen LogP contribution in [0, 0.1) is 6.92 Å². The van der Waals surface area contributed by atoms with Crippen LogP contribution in [0.4, 0.5) is 0 Å². The monoisotopic (exact) mass is 247 g/mol. The van der Waals surface area contributed by atoms with E-state index in [1.54, 1.807) is 0 Å². The average molecular weight is 248 g/mol. The number of rotatable bonds is 7. The molecule has 0 aliphatic carbocycles. The van der Waals surface area contributed by atoms with Gasteiger partial charge in [-0.2, -0.15) is 5.10 Å². The molecular weight excluding hydrogens is 226 g/mol. The van der Waals surface area contributed by atoms with Crippen LogP contribution in [0.1, 0.15) is 24.6 Å². The number of nitrogens with one attached hydrogen (secondary N) is 1. The first-order valence-corrected chi connectivity index (χ1v) is 5.51. The van der Waals surface area contributed by atoms with Crippen LogP contribution in [-0.4, -0.2) is 29.5 Å². The summed E-state index contributed by atoms with van der Waals surface area (Å²) in [5, 5.41) is 7.67. The van der Waals surface area contributed by atoms with Crippen LogP contribution in [-0.2, 0) is 18.3 Å². The summed E-state index contributed by atoms with van der Waals surface area (Å²) in [4.78, 5) is 0. The minimum atomic E-state index is 0. The van der Waals surface area contributed by atoms with Crippen molar-refractivity contribution in [1.82, 2.24) is 15.1 Å². The molecule has 0 unspecified atom stereocenters. The van der Waals surface area contributed by atoms with E-state index in [0.717, 1.165) is 38.4 Å². The average Bonchev–Trinajstić information content (AvgIpc) is 2.51. The van der Waals surface area contributed by atoms with E-state index in [1.165, 1.54) is 5.56 Å². The minimum absolute atomic E-state index is 0. The Bertz CT molecular complexity index is 289. The Balaban J connectivity index is 0.00000225. The van der Waals surface area contributed by atoms with Gasteiger partial charge in [0.25, 0.3) is 0 Å². The number of nitrogens with zero attached hydrogens (tertiary/aromatic N) is 2. The molecule has 0 radical (unpaired) electrons. The quantitative estimate of drug-likeness (QED) is 0.745. The van der Waals surface area contributed by atoms with Gasteiger partial charge in [-0.15, -0.1) is 12.4 Å². The lowest BCUT2D eigenvalue weighted by Gasteiger charge is -2.03. The molecule has 94 valence electrons. The lowest BCUT2D eigenvalue weighted by molar-refractivity contribution is 0.144. The highest BCUT2D eigenvalue weighted by Crippen LogP contribution is 2.03. The summed E-state index contributed by atoms with van der Waals surface area (Å²) in [7, 11) is 1.95. The molecule has 0 aliphatic rings. The second-order valence-corrected chi connectivity index (χ2v) is 3.64. The summed E-state index contributed by atoms with van der Waals surface area (Å²) < 4.78 is 7.11. The number of ether oxygens (including phenoxy) is 1. The molecule has 0 aliphatic heterocycles. The van der Waals surface area contributed by atoms with Gasteiger partial charge in [0.1, 0.15) is 0 Å². The first-order valence-electron chi connectivity index (χ1n) is 5.51. The van der Waals surface area contributed by atoms with E-state index in [2.05, 4.69) is 16.6 Å². The van der Waals surface area contributed by atoms with Crippen LogP contribution >= 0.6 is 12.4 Å². The second-order valence-electron chi connectivity index (χ2n) is 3.64. The fourth-order valence-corrected chi connectivity index (χ4v) is 1.49. The molecular formula is C11H22ClN3O. The Morgan fingerprint density at radius 1 is 1.50 bits per heavy atom. The number of hydrogen-bond donors (Lipinski definition) is 1. The maximum absolute atomic E-state index is 5.26. The second kappa shape index (κ2) is 8.56. The van der Waals surface area contributed by atoms with Crippen molar-refractivity contribution >= 4 is 12.4 Å². The number of aromatic nitrogens is 2. The van der Waals surface area contributed by atoms with Gasteiger partial charge in [-0.3, -0.25) is 4.68 Å². The molecule has 1 aromatic rings. The van der Waals surface area contributed by atoms with Crippen LogP contribution in [0.5, 0.6) is 0 Å². The van der Waals surface area contributed by atoms with Crippen LogP contribution in [0.3, 0.4) is 0 Å². The molecule has 0 amide bonds. The third-order valence-corrected chi connectivity index (χ3v) is 2.28. The largest absolute Gasteiger partial charge is 0.382 e. The van der Waals surface area contributed by atoms with Crippen molar-refractivity contribution in [3.05, 3.63) is 17.5 Å². The van der Waals surface area contributed by atoms with Crippen LogP contribution < -0.4 is 5.32 Å². The molecule has 16 heavy (non-hydrogen) atoms. The smallest absolute Gasteiger partial charge is 0.0638 e. The summed E-state index contributed by atoms with van der Waals surface area (Å²) in [5.41, 5.74) is 2.38. The van der Waals surface area contributed by atoms with E-state index < -0.39 is 0 Å². The fourth-order valence-electron chi connectivity index (χ4n) is 1.49. The Kier molecular flexibility index (Phi) is 8.25. The molecule has 4 nitrogen and oxygen atoms in total. The summed E-state index contributed by atoms with van der Waals surface area (Å²) in [6.07, 6.45) is 3.12. The molecule has 1 N–H and O–H groups in total. The summed E-state index contributed by atoms with van der Waals surface area (Å²) >= 11 is 0. The normalized spacial score (nSPS) is 10.2. The third kappa shape index (κ3) is 5.49. The molecule has 0 saturated heterocycles. The number of hydrogen-bond acceptors (Lipinski definition) is 3. The van der Waals surface area contributed by atoms with E-state index in [-0.39, 0.29) is 12.4 Å². The van der Waals surface area contributed by atoms with Gasteiger partial charge in [0, 0.05) is 38.6 Å². The summed E-state index contributed by atoms with van der Waals surface area (Å²) in [5.74, 6) is 0. The highest BCUT2D eigenvalue weighted by molar-refractivity contribution is 5.85. The van der Waals surface area contributed by atoms with Crippen molar-refractivity contribution in [1.29, 1.82) is 0 Å². The van der Waals surface area contributed by atoms with Crippen molar-refractivity contribution in [3.8, 4) is 0 Å². The van der Waals surface area contributed by atoms with E-state index in [0.29, 0.717) is 0 Å². The van der Waals surface area contributed by atoms with Crippen molar-refractivity contribution in [3.63, 3.8) is 0 Å². The topological polar surface area (TPSA) is 39.1 Å². The highest BCUT2D eigenvalue weighted by Gasteiger charge is 2.01. The molecule has 0 spiro atoms. The van der Waals surface area contributed by atoms with Crippen molar-refractivity contribution in [2.75, 3.05) is 19.8 Å². The Labute approximate surface area is 104 Å². The van der Waals surface area contributed by atoms with Crippen molar-refractivity contribution in [2.45, 2.75) is 26.8 Å². The first-order chi connectivity index (χ1) is 7.24. The van der Waals surface area contributed by atoms with Gasteiger partial charge in [-0.1, -0.05) is 0 Å². The van der Waals surface area contributed by atoms with Crippen LogP contribution in [0.15, 0.2) is 6.20 Å². The minimum Gasteiger partial charge on any atom is -0.382 e. The SMILES string of the molecule is CCOCCCNCc1cn(C)nc1C.Cl. The standard InChI is InChI=1S/C11H21N3O.ClH/c1-4-15-7-5-6-12-8-11-9-14(3)13-10(11)2;/h9,12H,4-8H2,1-3H3;1H. The zero-order valence-corrected chi connectivity index (χ0v) is 11.1. The van der Waals surface area contributed by atoms with E-state index in [4.69, 9.17) is 4.74 Å². The molecule has 1 aromatic heterocycles. The molecule has 0 bridgehead atoms. The van der Waals surface area contributed by atoms with Gasteiger partial charge in [-0.05, 0) is 26.8 Å². The van der Waals surface area contributed by atoms with E-state index in [1.807, 2.05) is 25.6 Å². The predicted molar refractivity (Wildman–Crippen MR) is 68.0 cm³/mol. The molecule has 1 rings (SSSR count). The lowest BCUT2D eigenvalue weighted by atomic mass is 10.2. The molecule has 0 atom stereocenters. The van der Waals surface area contributed by atoms with Gasteiger partial charge < -0.3 is 10.1 Å². The molecule has 0 saturated carbocycles. The lowest BCUT2D eigenvalue weighted by Crippen LogP contribution is -2.16. The number of aryl methyl sites for hydroxylation is 2. The maximum atomic E-state index is 5.26. The van der Waals surface area contributed by atoms with Gasteiger partial charge in [0.15, 0.2) is 0 Å². The van der Waals surface area contributed by atoms with Gasteiger partial charge >= 0.3 is 0 Å². The molecule has 0 fully saturated rings. The molecule has 1 heterocycles. The molecule has 0 aromatic carbocycles. The molecule has 5 heteroatoms. The highest BCUT2D eigenvalue weighted by atomic mass is 35.5. The first kappa shape index (κ1) is 15.4. The summed E-state index contributed by atoms with van der Waals surface area (Å²) in [6.45, 7) is 7.60. The van der Waals surface area contributed by atoms with Gasteiger partial charge in [-0.25, -0.2) is 0 Å². The van der Waals surface area contributed by atoms with Crippen molar-refractivity contribution < 1.29 is 4.74 Å². The predicted octanol–water partition coefficient (Wildman–Crippen LogP) is 1.67. The van der Waals surface area contributed by atoms with Gasteiger partial charge in [0.2, 0.25) is 0 Å². The Morgan fingerprint density at radius 2 is 2.25 bits per heavy atom. The zero-order valence-electron chi connectivity index (χ0n) is 10.3. The zero-order chi connectivity index (χ0) is 11.1. The third-order valence-electron chi connectivity index (χ3n) is 2.28. The van der Waals surface area contributed by atoms with E-state index >= 15 is 0 Å². The van der Waals surface area contributed by atoms with Crippen LogP contribution in [0.25, 0.3) is 0 Å². The Hall–Kier alpha value is -0.580. The van der Waals surface area contributed by atoms with Crippen molar-refractivity contribution in [2.24, 2.45) is 7.05 Å². The Morgan fingerprint density at radius 3 is 2.81 bits per heavy atom. The van der Waals surface area contributed by atoms with Crippen LogP contribution in [0.2, 0.25) is 0 Å². The van der Waals surface area contributed by atoms with E-state index in [9.17, 15) is 0 Å². The van der Waals surface area contributed by atoms with Gasteiger partial charge in [0.05, 0.1) is 5.69 Å². The summed E-state index contributed by atoms with van der Waals surface area (Å²) in [6, 6.07) is 0. The fraction of sp³-hybridized carbons (Fsp3) is 0.727. The maximum Gasteiger partial charge on any atom is 0.0638 e. The number of halogens is 1.